The zero-order chi connectivity index (χ0) is 7.57. The lowest BCUT2D eigenvalue weighted by molar-refractivity contribution is 0.172. The van der Waals surface area contributed by atoms with E-state index < -0.39 is 0 Å². The first-order valence-corrected chi connectivity index (χ1v) is 4.24. The molecule has 0 aromatic carbocycles. The second kappa shape index (κ2) is 3.06. The molecule has 0 aliphatic carbocycles. The fourth-order valence-electron chi connectivity index (χ4n) is 1.86. The molecule has 2 rings (SSSR count). The Morgan fingerprint density at radius 3 is 1.36 bits per heavy atom. The number of nitrogens with one attached hydrogen (secondary N) is 4. The fourth-order valence-corrected chi connectivity index (χ4v) is 1.86. The maximum absolute atomic E-state index is 3.35. The highest BCUT2D eigenvalue weighted by molar-refractivity contribution is 4.92. The Labute approximate surface area is 67.1 Å². The summed E-state index contributed by atoms with van der Waals surface area (Å²) in [6.07, 6.45) is 0. The van der Waals surface area contributed by atoms with Crippen molar-refractivity contribution in [3.05, 3.63) is 0 Å². The van der Waals surface area contributed by atoms with E-state index in [1.54, 1.807) is 0 Å². The van der Waals surface area contributed by atoms with Crippen LogP contribution in [0.4, 0.5) is 0 Å². The minimum Gasteiger partial charge on any atom is -0.304 e. The molecular formula is C7H16N4. The van der Waals surface area contributed by atoms with Crippen molar-refractivity contribution in [1.29, 1.82) is 0 Å². The second-order valence-corrected chi connectivity index (χ2v) is 3.56. The summed E-state index contributed by atoms with van der Waals surface area (Å²) in [7, 11) is 0. The summed E-state index contributed by atoms with van der Waals surface area (Å²) in [6, 6.07) is 0. The van der Waals surface area contributed by atoms with Crippen LogP contribution in [-0.4, -0.2) is 39.5 Å². The SMILES string of the molecule is C1NCC2(CN1)CNCNC2. The van der Waals surface area contributed by atoms with Gasteiger partial charge in [-0.1, -0.05) is 0 Å². The molecule has 4 heteroatoms. The van der Waals surface area contributed by atoms with Crippen LogP contribution in [-0.2, 0) is 0 Å². The maximum atomic E-state index is 3.35. The van der Waals surface area contributed by atoms with Crippen LogP contribution in [0.2, 0.25) is 0 Å². The van der Waals surface area contributed by atoms with Gasteiger partial charge in [0.05, 0.1) is 0 Å². The largest absolute Gasteiger partial charge is 0.304 e. The van der Waals surface area contributed by atoms with Gasteiger partial charge in [-0.3, -0.25) is 0 Å². The van der Waals surface area contributed by atoms with Crippen molar-refractivity contribution >= 4 is 0 Å². The normalized spacial score (nSPS) is 30.5. The third-order valence-electron chi connectivity index (χ3n) is 2.50. The molecule has 0 unspecified atom stereocenters. The van der Waals surface area contributed by atoms with E-state index in [4.69, 9.17) is 0 Å². The topological polar surface area (TPSA) is 48.1 Å². The molecule has 4 N–H and O–H groups in total. The molecule has 0 radical (unpaired) electrons. The highest BCUT2D eigenvalue weighted by Crippen LogP contribution is 2.16. The Morgan fingerprint density at radius 1 is 0.636 bits per heavy atom. The van der Waals surface area contributed by atoms with Gasteiger partial charge in [-0.2, -0.15) is 0 Å². The lowest BCUT2D eigenvalue weighted by Crippen LogP contribution is -2.63. The van der Waals surface area contributed by atoms with Crippen molar-refractivity contribution in [2.45, 2.75) is 0 Å². The van der Waals surface area contributed by atoms with Crippen molar-refractivity contribution < 1.29 is 0 Å². The van der Waals surface area contributed by atoms with E-state index in [2.05, 4.69) is 21.3 Å². The van der Waals surface area contributed by atoms with Gasteiger partial charge in [0.15, 0.2) is 0 Å². The fraction of sp³-hybridized carbons (Fsp3) is 1.00. The molecule has 0 aromatic rings. The summed E-state index contributed by atoms with van der Waals surface area (Å²) in [5.74, 6) is 0. The third-order valence-corrected chi connectivity index (χ3v) is 2.50. The molecule has 64 valence electrons. The Kier molecular flexibility index (Phi) is 2.09. The van der Waals surface area contributed by atoms with Crippen LogP contribution in [0.1, 0.15) is 0 Å². The lowest BCUT2D eigenvalue weighted by atomic mass is 9.85. The average Bonchev–Trinajstić information content (AvgIpc) is 2.07. The lowest BCUT2D eigenvalue weighted by Gasteiger charge is -2.41. The predicted octanol–water partition coefficient (Wildman–Crippen LogP) is -1.73. The Bertz CT molecular complexity index is 105. The van der Waals surface area contributed by atoms with Crippen LogP contribution in [0.5, 0.6) is 0 Å². The van der Waals surface area contributed by atoms with Gasteiger partial charge in [-0.15, -0.1) is 0 Å². The van der Waals surface area contributed by atoms with Crippen molar-refractivity contribution in [3.63, 3.8) is 0 Å². The molecule has 2 fully saturated rings. The number of hydrogen-bond acceptors (Lipinski definition) is 4. The average molecular weight is 156 g/mol. The molecule has 0 aromatic heterocycles. The molecule has 1 spiro atoms. The minimum absolute atomic E-state index is 0.413. The summed E-state index contributed by atoms with van der Waals surface area (Å²) in [5.41, 5.74) is 0.413. The van der Waals surface area contributed by atoms with Crippen LogP contribution in [0.3, 0.4) is 0 Å². The second-order valence-electron chi connectivity index (χ2n) is 3.56. The van der Waals surface area contributed by atoms with E-state index in [-0.39, 0.29) is 0 Å². The van der Waals surface area contributed by atoms with Gasteiger partial charge in [0.1, 0.15) is 0 Å². The number of rotatable bonds is 0. The van der Waals surface area contributed by atoms with Crippen LogP contribution in [0.15, 0.2) is 0 Å². The van der Waals surface area contributed by atoms with Gasteiger partial charge in [-0.25, -0.2) is 0 Å². The molecule has 0 bridgehead atoms. The summed E-state index contributed by atoms with van der Waals surface area (Å²) in [4.78, 5) is 0. The first-order chi connectivity index (χ1) is 5.41. The highest BCUT2D eigenvalue weighted by Gasteiger charge is 2.33. The summed E-state index contributed by atoms with van der Waals surface area (Å²) < 4.78 is 0. The van der Waals surface area contributed by atoms with Gasteiger partial charge in [0.25, 0.3) is 0 Å². The highest BCUT2D eigenvalue weighted by atomic mass is 15.2. The van der Waals surface area contributed by atoms with Crippen LogP contribution in [0, 0.1) is 5.41 Å². The van der Waals surface area contributed by atoms with Gasteiger partial charge in [-0.05, 0) is 0 Å². The van der Waals surface area contributed by atoms with E-state index >= 15 is 0 Å². The zero-order valence-corrected chi connectivity index (χ0v) is 6.74. The Morgan fingerprint density at radius 2 is 1.00 bits per heavy atom. The first-order valence-electron chi connectivity index (χ1n) is 4.24. The Balaban J connectivity index is 1.94. The molecule has 2 aliphatic heterocycles. The van der Waals surface area contributed by atoms with Crippen molar-refractivity contribution in [2.24, 2.45) is 5.41 Å². The van der Waals surface area contributed by atoms with E-state index in [9.17, 15) is 0 Å². The Hall–Kier alpha value is -0.160. The van der Waals surface area contributed by atoms with Gasteiger partial charge in [0, 0.05) is 44.9 Å². The summed E-state index contributed by atoms with van der Waals surface area (Å²) >= 11 is 0. The van der Waals surface area contributed by atoms with Crippen LogP contribution >= 0.6 is 0 Å². The van der Waals surface area contributed by atoms with E-state index in [1.165, 1.54) is 0 Å². The van der Waals surface area contributed by atoms with E-state index in [0.29, 0.717) is 5.41 Å². The van der Waals surface area contributed by atoms with Crippen molar-refractivity contribution in [1.82, 2.24) is 21.3 Å². The first kappa shape index (κ1) is 7.49. The van der Waals surface area contributed by atoms with Crippen LogP contribution < -0.4 is 21.3 Å². The van der Waals surface area contributed by atoms with E-state index in [1.807, 2.05) is 0 Å². The maximum Gasteiger partial charge on any atom is 0.0454 e. The molecule has 0 saturated carbocycles. The number of hydrogen-bond donors (Lipinski definition) is 4. The standard InChI is InChI=1S/C7H16N4/c1-7(2-9-5-8-1)3-10-6-11-4-7/h8-11H,1-6H2. The van der Waals surface area contributed by atoms with E-state index in [0.717, 1.165) is 39.5 Å². The van der Waals surface area contributed by atoms with Crippen molar-refractivity contribution in [2.75, 3.05) is 39.5 Å². The molecule has 0 amide bonds. The predicted molar refractivity (Wildman–Crippen MR) is 44.2 cm³/mol. The quantitative estimate of drug-likeness (QED) is 0.337. The summed E-state index contributed by atoms with van der Waals surface area (Å²) in [5, 5.41) is 13.4. The van der Waals surface area contributed by atoms with Gasteiger partial charge >= 0.3 is 0 Å². The molecule has 2 heterocycles. The van der Waals surface area contributed by atoms with Crippen LogP contribution in [0.25, 0.3) is 0 Å². The minimum atomic E-state index is 0.413. The van der Waals surface area contributed by atoms with Crippen molar-refractivity contribution in [3.8, 4) is 0 Å². The molecular weight excluding hydrogens is 140 g/mol. The molecule has 4 nitrogen and oxygen atoms in total. The smallest absolute Gasteiger partial charge is 0.0454 e. The summed E-state index contributed by atoms with van der Waals surface area (Å²) in [6.45, 7) is 6.42. The zero-order valence-electron chi connectivity index (χ0n) is 6.74. The molecule has 2 aliphatic rings. The monoisotopic (exact) mass is 156 g/mol. The van der Waals surface area contributed by atoms with Gasteiger partial charge in [0.2, 0.25) is 0 Å². The third kappa shape index (κ3) is 1.54. The molecule has 0 atom stereocenters. The van der Waals surface area contributed by atoms with Gasteiger partial charge < -0.3 is 21.3 Å². The molecule has 2 saturated heterocycles. The molecule has 11 heavy (non-hydrogen) atoms.